The van der Waals surface area contributed by atoms with Gasteiger partial charge in [0.25, 0.3) is 17.7 Å². The number of guanidine groups is 1. The van der Waals surface area contributed by atoms with Gasteiger partial charge in [0.05, 0.1) is 11.1 Å². The summed E-state index contributed by atoms with van der Waals surface area (Å²) in [6.45, 7) is 3.30. The molecule has 2 unspecified atom stereocenters. The summed E-state index contributed by atoms with van der Waals surface area (Å²) in [5.74, 6) is -2.06. The fraction of sp³-hybridized carbons (Fsp3) is 0.407. The number of likely N-dealkylation sites (N-methyl/N-ethyl adjacent to an activating group) is 1. The van der Waals surface area contributed by atoms with Crippen molar-refractivity contribution in [3.63, 3.8) is 0 Å². The van der Waals surface area contributed by atoms with Crippen molar-refractivity contribution in [3.8, 4) is 0 Å². The van der Waals surface area contributed by atoms with Gasteiger partial charge in [-0.15, -0.1) is 0 Å². The molecule has 2 atom stereocenters. The number of carbonyl (C=O) groups is 5. The number of halogens is 3. The number of nitrogens with one attached hydrogen (secondary N) is 3. The molecular weight excluding hydrogens is 587 g/mol. The fourth-order valence-corrected chi connectivity index (χ4v) is 4.83. The molecule has 3 N–H and O–H groups in total. The van der Waals surface area contributed by atoms with Crippen molar-refractivity contribution in [1.82, 2.24) is 35.7 Å². The van der Waals surface area contributed by atoms with E-state index in [-0.39, 0.29) is 47.9 Å². The summed E-state index contributed by atoms with van der Waals surface area (Å²) in [5, 5.41) is 8.01. The van der Waals surface area contributed by atoms with E-state index in [1.165, 1.54) is 35.1 Å². The lowest BCUT2D eigenvalue weighted by Gasteiger charge is -2.39. The van der Waals surface area contributed by atoms with Crippen molar-refractivity contribution >= 4 is 41.4 Å². The van der Waals surface area contributed by atoms with Crippen molar-refractivity contribution in [1.29, 1.82) is 0 Å². The number of fused-ring (bicyclic) bond motifs is 1. The van der Waals surface area contributed by atoms with Crippen molar-refractivity contribution in [2.75, 3.05) is 24.5 Å². The molecule has 232 valence electrons. The highest BCUT2D eigenvalue weighted by Crippen LogP contribution is 2.33. The molecule has 0 bridgehead atoms. The van der Waals surface area contributed by atoms with Crippen molar-refractivity contribution in [2.45, 2.75) is 51.1 Å². The maximum absolute atomic E-state index is 13.2. The quantitative estimate of drug-likeness (QED) is 0.397. The van der Waals surface area contributed by atoms with E-state index < -0.39 is 47.8 Å². The monoisotopic (exact) mass is 615 g/mol. The van der Waals surface area contributed by atoms with Crippen molar-refractivity contribution < 1.29 is 37.1 Å². The number of aliphatic imine (C=N–C) groups is 1. The van der Waals surface area contributed by atoms with Crippen LogP contribution in [0, 0.1) is 0 Å². The lowest BCUT2D eigenvalue weighted by Crippen LogP contribution is -2.66. The fourth-order valence-electron chi connectivity index (χ4n) is 4.83. The van der Waals surface area contributed by atoms with Gasteiger partial charge in [0.2, 0.25) is 11.9 Å². The zero-order valence-corrected chi connectivity index (χ0v) is 23.6. The molecule has 3 aliphatic rings. The van der Waals surface area contributed by atoms with E-state index in [1.807, 2.05) is 0 Å². The number of pyridine rings is 2. The number of nitrogens with zero attached hydrogens (tertiary/aromatic N) is 6. The maximum Gasteiger partial charge on any atom is 0.433 e. The highest BCUT2D eigenvalue weighted by molar-refractivity contribution is 6.10. The third kappa shape index (κ3) is 6.16. The standard InChI is InChI=1S/C27H28F3N9O5/c1-3-37-21-20(24(43)39(26(37)44)17-6-7-17)34-25(35-21)36-22(41)15-5-9-19(33-12-15)38(11-10-31-14(2)40)23(42)16-4-8-18(32-13-16)27(28,29)30/h4-5,8-9,12-13,17,20-21H,3,6-7,10-11H2,1-2H3,(H,31,40)(H2,34,35,36,41). The Morgan fingerprint density at radius 3 is 2.34 bits per heavy atom. The second kappa shape index (κ2) is 11.9. The molecule has 5 rings (SSSR count). The number of aromatic nitrogens is 2. The summed E-state index contributed by atoms with van der Waals surface area (Å²) < 4.78 is 38.8. The maximum atomic E-state index is 13.2. The van der Waals surface area contributed by atoms with E-state index in [0.29, 0.717) is 12.6 Å². The summed E-state index contributed by atoms with van der Waals surface area (Å²) in [5.41, 5.74) is -1.25. The number of amides is 6. The zero-order chi connectivity index (χ0) is 31.8. The van der Waals surface area contributed by atoms with Crippen LogP contribution in [0.25, 0.3) is 0 Å². The van der Waals surface area contributed by atoms with Gasteiger partial charge in [0.1, 0.15) is 17.6 Å². The number of hydrogen-bond donors (Lipinski definition) is 3. The molecule has 4 heterocycles. The third-order valence-corrected chi connectivity index (χ3v) is 7.15. The minimum atomic E-state index is -4.68. The van der Waals surface area contributed by atoms with E-state index >= 15 is 0 Å². The highest BCUT2D eigenvalue weighted by Gasteiger charge is 2.53. The molecule has 1 aliphatic carbocycles. The second-order valence-corrected chi connectivity index (χ2v) is 10.3. The summed E-state index contributed by atoms with van der Waals surface area (Å²) >= 11 is 0. The minimum absolute atomic E-state index is 0.00763. The van der Waals surface area contributed by atoms with E-state index in [2.05, 4.69) is 30.9 Å². The Hall–Kier alpha value is -5.09. The summed E-state index contributed by atoms with van der Waals surface area (Å²) in [6.07, 6.45) is -2.02. The number of urea groups is 1. The molecule has 14 nitrogen and oxygen atoms in total. The Kier molecular flexibility index (Phi) is 8.21. The molecule has 1 saturated heterocycles. The molecule has 1 saturated carbocycles. The third-order valence-electron chi connectivity index (χ3n) is 7.15. The average Bonchev–Trinajstić information content (AvgIpc) is 3.73. The van der Waals surface area contributed by atoms with Gasteiger partial charge in [-0.05, 0) is 44.0 Å². The van der Waals surface area contributed by atoms with Gasteiger partial charge in [-0.25, -0.2) is 14.8 Å². The smallest absolute Gasteiger partial charge is 0.355 e. The van der Waals surface area contributed by atoms with Crippen LogP contribution in [0.15, 0.2) is 41.7 Å². The lowest BCUT2D eigenvalue weighted by molar-refractivity contribution is -0.141. The number of carbonyl (C=O) groups excluding carboxylic acids is 5. The van der Waals surface area contributed by atoms with Crippen molar-refractivity contribution in [3.05, 3.63) is 53.5 Å². The van der Waals surface area contributed by atoms with E-state index in [1.54, 1.807) is 6.92 Å². The average molecular weight is 616 g/mol. The molecule has 17 heteroatoms. The van der Waals surface area contributed by atoms with Crippen LogP contribution in [0.5, 0.6) is 0 Å². The van der Waals surface area contributed by atoms with Gasteiger partial charge in [-0.2, -0.15) is 13.2 Å². The Bertz CT molecular complexity index is 1510. The molecule has 2 aromatic rings. The molecule has 2 fully saturated rings. The van der Waals surface area contributed by atoms with Gasteiger partial charge in [0.15, 0.2) is 6.17 Å². The summed E-state index contributed by atoms with van der Waals surface area (Å²) in [4.78, 5) is 79.2. The number of alkyl halides is 3. The minimum Gasteiger partial charge on any atom is -0.355 e. The zero-order valence-electron chi connectivity index (χ0n) is 23.6. The molecule has 6 amide bonds. The van der Waals surface area contributed by atoms with Crippen LogP contribution < -0.4 is 20.9 Å². The number of imide groups is 1. The topological polar surface area (TPSA) is 169 Å². The van der Waals surface area contributed by atoms with E-state index in [4.69, 9.17) is 0 Å². The predicted octanol–water partition coefficient (Wildman–Crippen LogP) is 1.11. The molecule has 2 aliphatic heterocycles. The first-order chi connectivity index (χ1) is 20.9. The SMILES string of the molecule is CCN1C(=O)N(C2CC2)C(=O)C2NC(NC(=O)c3ccc(N(CCNC(C)=O)C(=O)c4ccc(C(F)(F)F)nc4)nc3)=NC21. The van der Waals surface area contributed by atoms with Gasteiger partial charge in [-0.3, -0.25) is 44.2 Å². The van der Waals surface area contributed by atoms with Crippen LogP contribution in [0.4, 0.5) is 23.8 Å². The van der Waals surface area contributed by atoms with E-state index in [9.17, 15) is 37.1 Å². The lowest BCUT2D eigenvalue weighted by atomic mass is 10.1. The molecule has 0 aromatic carbocycles. The largest absolute Gasteiger partial charge is 0.433 e. The summed E-state index contributed by atoms with van der Waals surface area (Å²) in [6, 6.07) is 3.01. The number of anilines is 1. The molecule has 44 heavy (non-hydrogen) atoms. The first-order valence-electron chi connectivity index (χ1n) is 13.7. The van der Waals surface area contributed by atoms with Gasteiger partial charge in [-0.1, -0.05) is 0 Å². The van der Waals surface area contributed by atoms with Gasteiger partial charge in [0, 0.05) is 45.0 Å². The second-order valence-electron chi connectivity index (χ2n) is 10.3. The Morgan fingerprint density at radius 1 is 1.07 bits per heavy atom. The number of rotatable bonds is 8. The molecule has 2 aromatic heterocycles. The van der Waals surface area contributed by atoms with Gasteiger partial charge < -0.3 is 10.6 Å². The van der Waals surface area contributed by atoms with E-state index in [0.717, 1.165) is 30.0 Å². The van der Waals surface area contributed by atoms with Crippen LogP contribution in [-0.2, 0) is 15.8 Å². The first kappa shape index (κ1) is 30.4. The first-order valence-corrected chi connectivity index (χ1v) is 13.7. The molecular formula is C27H28F3N9O5. The summed E-state index contributed by atoms with van der Waals surface area (Å²) in [7, 11) is 0. The highest BCUT2D eigenvalue weighted by atomic mass is 19.4. The van der Waals surface area contributed by atoms with Crippen LogP contribution >= 0.6 is 0 Å². The van der Waals surface area contributed by atoms with Crippen LogP contribution in [0.3, 0.4) is 0 Å². The Balaban J connectivity index is 1.30. The molecule has 0 radical (unpaired) electrons. The van der Waals surface area contributed by atoms with Crippen LogP contribution in [0.2, 0.25) is 0 Å². The predicted molar refractivity (Wildman–Crippen MR) is 147 cm³/mol. The Labute approximate surface area is 248 Å². The number of hydrogen-bond acceptors (Lipinski definition) is 9. The van der Waals surface area contributed by atoms with Crippen LogP contribution in [0.1, 0.15) is 53.1 Å². The normalized spacial score (nSPS) is 19.6. The van der Waals surface area contributed by atoms with Crippen LogP contribution in [-0.4, -0.2) is 93.3 Å². The van der Waals surface area contributed by atoms with Gasteiger partial charge >= 0.3 is 12.2 Å². The molecule has 0 spiro atoms. The van der Waals surface area contributed by atoms with Crippen molar-refractivity contribution in [2.24, 2.45) is 4.99 Å². The Morgan fingerprint density at radius 2 is 1.77 bits per heavy atom.